The molecule has 9 heteroatoms. The molecule has 0 saturated heterocycles. The van der Waals surface area contributed by atoms with E-state index in [1.807, 2.05) is 7.05 Å². The molecular weight excluding hydrogens is 467 g/mol. The first-order chi connectivity index (χ1) is 16.0. The molecule has 0 saturated carbocycles. The lowest BCUT2D eigenvalue weighted by Gasteiger charge is -2.14. The van der Waals surface area contributed by atoms with Gasteiger partial charge in [-0.3, -0.25) is 0 Å². The Balaban J connectivity index is 1.59. The molecule has 1 aliphatic heterocycles. The van der Waals surface area contributed by atoms with E-state index in [0.717, 1.165) is 30.6 Å². The minimum absolute atomic E-state index is 0.00272. The third-order valence-electron chi connectivity index (χ3n) is 5.92. The molecule has 3 aromatic carbocycles. The molecule has 1 heterocycles. The molecule has 3 aromatic rings. The van der Waals surface area contributed by atoms with Gasteiger partial charge in [0.2, 0.25) is 9.84 Å². The SMILES string of the molecule is CN1CCc2cc(O)c(S(=O)(=O)c3ccc(Cc4ccccc4OC(F)(F)F)cc3)cc2CC1. The number of alkyl halides is 3. The molecule has 0 unspecified atom stereocenters. The second kappa shape index (κ2) is 9.31. The summed E-state index contributed by atoms with van der Waals surface area (Å²) in [5.41, 5.74) is 2.78. The highest BCUT2D eigenvalue weighted by Gasteiger charge is 2.32. The second-order valence-electron chi connectivity index (χ2n) is 8.37. The van der Waals surface area contributed by atoms with Crippen LogP contribution in [0.4, 0.5) is 13.2 Å². The van der Waals surface area contributed by atoms with Gasteiger partial charge in [0, 0.05) is 19.5 Å². The topological polar surface area (TPSA) is 66.8 Å². The van der Waals surface area contributed by atoms with Crippen LogP contribution in [0.1, 0.15) is 22.3 Å². The van der Waals surface area contributed by atoms with Gasteiger partial charge in [-0.05, 0) is 72.5 Å². The van der Waals surface area contributed by atoms with Crippen molar-refractivity contribution in [3.63, 3.8) is 0 Å². The Morgan fingerprint density at radius 1 is 0.971 bits per heavy atom. The number of para-hydroxylation sites is 1. The Labute approximate surface area is 196 Å². The van der Waals surface area contributed by atoms with Gasteiger partial charge in [0.05, 0.1) is 4.90 Å². The van der Waals surface area contributed by atoms with Crippen molar-refractivity contribution in [2.24, 2.45) is 0 Å². The Morgan fingerprint density at radius 3 is 2.24 bits per heavy atom. The maximum absolute atomic E-state index is 13.3. The van der Waals surface area contributed by atoms with Crippen LogP contribution in [0, 0.1) is 0 Å². The summed E-state index contributed by atoms with van der Waals surface area (Å²) in [7, 11) is -1.99. The number of halogens is 3. The van der Waals surface area contributed by atoms with E-state index < -0.39 is 16.2 Å². The number of hydrogen-bond acceptors (Lipinski definition) is 5. The molecule has 1 aliphatic rings. The number of sulfone groups is 1. The molecule has 0 aromatic heterocycles. The van der Waals surface area contributed by atoms with Gasteiger partial charge < -0.3 is 14.7 Å². The fourth-order valence-corrected chi connectivity index (χ4v) is 5.46. The average molecular weight is 492 g/mol. The zero-order valence-electron chi connectivity index (χ0n) is 18.5. The Hall–Kier alpha value is -3.04. The first-order valence-electron chi connectivity index (χ1n) is 10.7. The molecule has 0 bridgehead atoms. The summed E-state index contributed by atoms with van der Waals surface area (Å²) in [6, 6.07) is 14.8. The first kappa shape index (κ1) is 24.1. The van der Waals surface area contributed by atoms with Crippen molar-refractivity contribution in [2.75, 3.05) is 20.1 Å². The van der Waals surface area contributed by atoms with Gasteiger partial charge in [-0.25, -0.2) is 8.42 Å². The Morgan fingerprint density at radius 2 is 1.59 bits per heavy atom. The maximum atomic E-state index is 13.3. The van der Waals surface area contributed by atoms with Crippen LogP contribution >= 0.6 is 0 Å². The highest BCUT2D eigenvalue weighted by Crippen LogP contribution is 2.33. The summed E-state index contributed by atoms with van der Waals surface area (Å²) in [6.07, 6.45) is -3.26. The van der Waals surface area contributed by atoms with Crippen LogP contribution in [0.15, 0.2) is 70.5 Å². The number of likely N-dealkylation sites (N-methyl/N-ethyl adjacent to an activating group) is 1. The second-order valence-corrected chi connectivity index (χ2v) is 10.3. The molecule has 180 valence electrons. The van der Waals surface area contributed by atoms with Crippen LogP contribution < -0.4 is 4.74 Å². The summed E-state index contributed by atoms with van der Waals surface area (Å²) < 4.78 is 68.6. The van der Waals surface area contributed by atoms with E-state index in [0.29, 0.717) is 17.5 Å². The van der Waals surface area contributed by atoms with Gasteiger partial charge in [0.15, 0.2) is 0 Å². The number of aromatic hydroxyl groups is 1. The van der Waals surface area contributed by atoms with E-state index in [2.05, 4.69) is 9.64 Å². The van der Waals surface area contributed by atoms with E-state index in [9.17, 15) is 26.7 Å². The van der Waals surface area contributed by atoms with Crippen LogP contribution in [0.3, 0.4) is 0 Å². The van der Waals surface area contributed by atoms with E-state index >= 15 is 0 Å². The Kier molecular flexibility index (Phi) is 6.60. The number of phenolic OH excluding ortho intramolecular Hbond substituents is 1. The minimum Gasteiger partial charge on any atom is -0.507 e. The summed E-state index contributed by atoms with van der Waals surface area (Å²) in [6.45, 7) is 1.63. The molecule has 4 rings (SSSR count). The molecule has 34 heavy (non-hydrogen) atoms. The molecular formula is C25H24F3NO4S. The van der Waals surface area contributed by atoms with E-state index in [1.54, 1.807) is 24.3 Å². The molecule has 0 radical (unpaired) electrons. The number of fused-ring (bicyclic) bond motifs is 1. The van der Waals surface area contributed by atoms with Crippen molar-refractivity contribution in [1.29, 1.82) is 0 Å². The quantitative estimate of drug-likeness (QED) is 0.558. The van der Waals surface area contributed by atoms with E-state index in [4.69, 9.17) is 0 Å². The monoisotopic (exact) mass is 491 g/mol. The van der Waals surface area contributed by atoms with E-state index in [-0.39, 0.29) is 27.7 Å². The fourth-order valence-electron chi connectivity index (χ4n) is 4.08. The summed E-state index contributed by atoms with van der Waals surface area (Å²) in [5, 5.41) is 10.5. The van der Waals surface area contributed by atoms with Gasteiger partial charge in [0.25, 0.3) is 0 Å². The van der Waals surface area contributed by atoms with Gasteiger partial charge in [-0.1, -0.05) is 30.3 Å². The predicted octanol–water partition coefficient (Wildman–Crippen LogP) is 4.74. The van der Waals surface area contributed by atoms with Crippen molar-refractivity contribution < 1.29 is 31.4 Å². The van der Waals surface area contributed by atoms with Gasteiger partial charge >= 0.3 is 6.36 Å². The van der Waals surface area contributed by atoms with Crippen molar-refractivity contribution in [3.05, 3.63) is 82.9 Å². The molecule has 0 spiro atoms. The summed E-state index contributed by atoms with van der Waals surface area (Å²) in [4.78, 5) is 2.01. The first-order valence-corrected chi connectivity index (χ1v) is 12.2. The Bertz CT molecular complexity index is 1290. The fraction of sp³-hybridized carbons (Fsp3) is 0.280. The standard InChI is InChI=1S/C25H24F3NO4S/c1-29-12-10-18-15-22(30)24(16-19(18)11-13-29)34(31,32)21-8-6-17(7-9-21)14-20-4-2-3-5-23(20)33-25(26,27)28/h2-9,15-16,30H,10-14H2,1H3. The molecule has 0 fully saturated rings. The summed E-state index contributed by atoms with van der Waals surface area (Å²) >= 11 is 0. The van der Waals surface area contributed by atoms with Gasteiger partial charge in [-0.2, -0.15) is 0 Å². The number of benzene rings is 3. The van der Waals surface area contributed by atoms with Crippen LogP contribution in [-0.4, -0.2) is 44.9 Å². The third-order valence-corrected chi connectivity index (χ3v) is 7.72. The van der Waals surface area contributed by atoms with Crippen molar-refractivity contribution in [3.8, 4) is 11.5 Å². The van der Waals surface area contributed by atoms with Gasteiger partial charge in [0.1, 0.15) is 16.4 Å². The molecule has 5 nitrogen and oxygen atoms in total. The van der Waals surface area contributed by atoms with E-state index in [1.165, 1.54) is 36.4 Å². The zero-order valence-corrected chi connectivity index (χ0v) is 19.3. The lowest BCUT2D eigenvalue weighted by Crippen LogP contribution is -2.20. The zero-order chi connectivity index (χ0) is 24.5. The number of rotatable bonds is 5. The molecule has 0 amide bonds. The number of hydrogen-bond donors (Lipinski definition) is 1. The van der Waals surface area contributed by atoms with Crippen molar-refractivity contribution >= 4 is 9.84 Å². The van der Waals surface area contributed by atoms with Crippen LogP contribution in [0.5, 0.6) is 11.5 Å². The average Bonchev–Trinajstić information content (AvgIpc) is 2.95. The number of ether oxygens (including phenoxy) is 1. The lowest BCUT2D eigenvalue weighted by molar-refractivity contribution is -0.274. The molecule has 0 atom stereocenters. The molecule has 1 N–H and O–H groups in total. The predicted molar refractivity (Wildman–Crippen MR) is 121 cm³/mol. The minimum atomic E-state index is -4.81. The highest BCUT2D eigenvalue weighted by atomic mass is 32.2. The van der Waals surface area contributed by atoms with Crippen molar-refractivity contribution in [2.45, 2.75) is 35.4 Å². The number of nitrogens with zero attached hydrogens (tertiary/aromatic N) is 1. The van der Waals surface area contributed by atoms with Crippen molar-refractivity contribution in [1.82, 2.24) is 4.90 Å². The van der Waals surface area contributed by atoms with Gasteiger partial charge in [-0.15, -0.1) is 13.2 Å². The van der Waals surface area contributed by atoms with Crippen LogP contribution in [-0.2, 0) is 29.1 Å². The van der Waals surface area contributed by atoms with Crippen LogP contribution in [0.25, 0.3) is 0 Å². The lowest BCUT2D eigenvalue weighted by atomic mass is 10.0. The third kappa shape index (κ3) is 5.37. The molecule has 0 aliphatic carbocycles. The maximum Gasteiger partial charge on any atom is 0.573 e. The highest BCUT2D eigenvalue weighted by molar-refractivity contribution is 7.91. The summed E-state index contributed by atoms with van der Waals surface area (Å²) in [5.74, 6) is -0.585. The normalized spacial score (nSPS) is 14.9. The number of phenols is 1. The smallest absolute Gasteiger partial charge is 0.507 e. The largest absolute Gasteiger partial charge is 0.573 e. The van der Waals surface area contributed by atoms with Crippen LogP contribution in [0.2, 0.25) is 0 Å².